The molecule has 0 radical (unpaired) electrons. The largest absolute Gasteiger partial charge is 0.294 e. The molecule has 0 rings (SSSR count). The summed E-state index contributed by atoms with van der Waals surface area (Å²) in [5, 5.41) is 0. The molecule has 3 heteroatoms. The molecule has 0 N–H and O–H groups in total. The SMILES string of the molecule is CC(=O)C(=C/C=C(\C)C(C)(C)F)C(C)=O. The maximum atomic E-state index is 13.4. The summed E-state index contributed by atoms with van der Waals surface area (Å²) < 4.78 is 13.4. The number of rotatable bonds is 4. The van der Waals surface area contributed by atoms with E-state index in [0.717, 1.165) is 0 Å². The van der Waals surface area contributed by atoms with Crippen LogP contribution in [0.1, 0.15) is 34.6 Å². The van der Waals surface area contributed by atoms with Gasteiger partial charge in [0.15, 0.2) is 11.6 Å². The molecule has 0 aliphatic rings. The Balaban J connectivity index is 5.05. The smallest absolute Gasteiger partial charge is 0.163 e. The Labute approximate surface area is 89.9 Å². The van der Waals surface area contributed by atoms with E-state index < -0.39 is 5.67 Å². The van der Waals surface area contributed by atoms with E-state index in [-0.39, 0.29) is 17.1 Å². The van der Waals surface area contributed by atoms with Crippen LogP contribution in [0.15, 0.2) is 23.3 Å². The summed E-state index contributed by atoms with van der Waals surface area (Å²) in [5.41, 5.74) is -0.865. The zero-order chi connectivity index (χ0) is 12.2. The Kier molecular flexibility index (Phi) is 4.59. The Morgan fingerprint density at radius 2 is 1.40 bits per heavy atom. The van der Waals surface area contributed by atoms with E-state index in [1.807, 2.05) is 0 Å². The van der Waals surface area contributed by atoms with Gasteiger partial charge in [0.2, 0.25) is 0 Å². The van der Waals surface area contributed by atoms with Crippen LogP contribution >= 0.6 is 0 Å². The van der Waals surface area contributed by atoms with Crippen LogP contribution in [0.25, 0.3) is 0 Å². The highest BCUT2D eigenvalue weighted by Crippen LogP contribution is 2.19. The summed E-state index contributed by atoms with van der Waals surface area (Å²) in [5.74, 6) is -0.605. The summed E-state index contributed by atoms with van der Waals surface area (Å²) in [6.45, 7) is 7.10. The minimum atomic E-state index is -1.44. The molecule has 0 atom stereocenters. The van der Waals surface area contributed by atoms with Crippen molar-refractivity contribution in [3.63, 3.8) is 0 Å². The molecule has 0 aliphatic carbocycles. The summed E-state index contributed by atoms with van der Waals surface area (Å²) in [6.07, 6.45) is 2.85. The molecule has 0 amide bonds. The summed E-state index contributed by atoms with van der Waals surface area (Å²) in [7, 11) is 0. The van der Waals surface area contributed by atoms with E-state index in [4.69, 9.17) is 0 Å². The van der Waals surface area contributed by atoms with Gasteiger partial charge in [0.05, 0.1) is 5.57 Å². The van der Waals surface area contributed by atoms with Crippen molar-refractivity contribution >= 4 is 11.6 Å². The average Bonchev–Trinajstić information content (AvgIpc) is 2.00. The molecule has 0 aromatic rings. The predicted molar refractivity (Wildman–Crippen MR) is 58.4 cm³/mol. The number of alkyl halides is 1. The summed E-state index contributed by atoms with van der Waals surface area (Å²) >= 11 is 0. The van der Waals surface area contributed by atoms with Crippen LogP contribution in [0.3, 0.4) is 0 Å². The Morgan fingerprint density at radius 1 is 1.00 bits per heavy atom. The normalized spacial score (nSPS) is 12.3. The number of hydrogen-bond acceptors (Lipinski definition) is 2. The van der Waals surface area contributed by atoms with Crippen molar-refractivity contribution in [3.05, 3.63) is 23.3 Å². The van der Waals surface area contributed by atoms with E-state index in [1.165, 1.54) is 39.8 Å². The molecule has 0 fully saturated rings. The van der Waals surface area contributed by atoms with Crippen LogP contribution in [-0.2, 0) is 9.59 Å². The van der Waals surface area contributed by atoms with Crippen LogP contribution in [0.5, 0.6) is 0 Å². The first-order valence-electron chi connectivity index (χ1n) is 4.76. The fourth-order valence-electron chi connectivity index (χ4n) is 0.889. The second-order valence-electron chi connectivity index (χ2n) is 4.01. The molecular weight excluding hydrogens is 195 g/mol. The second kappa shape index (κ2) is 5.01. The standard InChI is InChI=1S/C12H17FO2/c1-8(12(4,5)13)6-7-11(9(2)14)10(3)15/h6-7H,1-5H3/b8-6+. The predicted octanol–water partition coefficient (Wildman–Crippen LogP) is 2.79. The first-order chi connectivity index (χ1) is 6.66. The zero-order valence-corrected chi connectivity index (χ0v) is 9.85. The number of carbonyl (C=O) groups excluding carboxylic acids is 2. The lowest BCUT2D eigenvalue weighted by Gasteiger charge is -2.13. The van der Waals surface area contributed by atoms with Crippen molar-refractivity contribution < 1.29 is 14.0 Å². The lowest BCUT2D eigenvalue weighted by atomic mass is 10.00. The van der Waals surface area contributed by atoms with E-state index in [2.05, 4.69) is 0 Å². The average molecular weight is 212 g/mol. The third-order valence-corrected chi connectivity index (χ3v) is 2.20. The molecule has 0 bridgehead atoms. The molecule has 0 aromatic carbocycles. The van der Waals surface area contributed by atoms with Gasteiger partial charge in [0.1, 0.15) is 5.67 Å². The van der Waals surface area contributed by atoms with E-state index >= 15 is 0 Å². The van der Waals surface area contributed by atoms with Crippen molar-refractivity contribution in [1.29, 1.82) is 0 Å². The quantitative estimate of drug-likeness (QED) is 0.311. The second-order valence-corrected chi connectivity index (χ2v) is 4.01. The van der Waals surface area contributed by atoms with Crippen molar-refractivity contribution in [2.24, 2.45) is 0 Å². The molecular formula is C12H17FO2. The van der Waals surface area contributed by atoms with E-state index in [9.17, 15) is 14.0 Å². The minimum Gasteiger partial charge on any atom is -0.294 e. The first-order valence-corrected chi connectivity index (χ1v) is 4.76. The summed E-state index contributed by atoms with van der Waals surface area (Å²) in [6, 6.07) is 0. The number of carbonyl (C=O) groups is 2. The number of allylic oxidation sites excluding steroid dienone is 4. The molecule has 0 spiro atoms. The molecule has 0 aliphatic heterocycles. The molecule has 2 nitrogen and oxygen atoms in total. The van der Waals surface area contributed by atoms with Gasteiger partial charge in [-0.05, 0) is 46.3 Å². The first kappa shape index (κ1) is 13.8. The van der Waals surface area contributed by atoms with Crippen molar-refractivity contribution in [2.75, 3.05) is 0 Å². The van der Waals surface area contributed by atoms with Gasteiger partial charge in [-0.25, -0.2) is 4.39 Å². The highest BCUT2D eigenvalue weighted by atomic mass is 19.1. The maximum absolute atomic E-state index is 13.4. The van der Waals surface area contributed by atoms with Crippen LogP contribution in [-0.4, -0.2) is 17.2 Å². The molecule has 0 heterocycles. The lowest BCUT2D eigenvalue weighted by Crippen LogP contribution is -2.13. The van der Waals surface area contributed by atoms with Gasteiger partial charge < -0.3 is 0 Å². The number of halogens is 1. The number of Topliss-reactive ketones (excluding diaryl/α,β-unsaturated/α-hetero) is 2. The molecule has 84 valence electrons. The molecule has 0 saturated carbocycles. The van der Waals surface area contributed by atoms with Crippen molar-refractivity contribution in [1.82, 2.24) is 0 Å². The van der Waals surface area contributed by atoms with Crippen molar-refractivity contribution in [3.8, 4) is 0 Å². The maximum Gasteiger partial charge on any atom is 0.163 e. The fraction of sp³-hybridized carbons (Fsp3) is 0.500. The Bertz CT molecular complexity index is 314. The number of hydrogen-bond donors (Lipinski definition) is 0. The van der Waals surface area contributed by atoms with Gasteiger partial charge in [-0.3, -0.25) is 9.59 Å². The van der Waals surface area contributed by atoms with Crippen LogP contribution in [0.2, 0.25) is 0 Å². The van der Waals surface area contributed by atoms with E-state index in [1.54, 1.807) is 6.92 Å². The highest BCUT2D eigenvalue weighted by molar-refractivity contribution is 6.18. The highest BCUT2D eigenvalue weighted by Gasteiger charge is 2.17. The van der Waals surface area contributed by atoms with Gasteiger partial charge in [0.25, 0.3) is 0 Å². The zero-order valence-electron chi connectivity index (χ0n) is 9.85. The fourth-order valence-corrected chi connectivity index (χ4v) is 0.889. The Hall–Kier alpha value is -1.25. The molecule has 0 unspecified atom stereocenters. The van der Waals surface area contributed by atoms with Crippen LogP contribution in [0, 0.1) is 0 Å². The topological polar surface area (TPSA) is 34.1 Å². The Morgan fingerprint density at radius 3 is 1.67 bits per heavy atom. The third-order valence-electron chi connectivity index (χ3n) is 2.20. The van der Waals surface area contributed by atoms with Crippen molar-refractivity contribution in [2.45, 2.75) is 40.3 Å². The third kappa shape index (κ3) is 4.68. The van der Waals surface area contributed by atoms with Crippen LogP contribution in [0.4, 0.5) is 4.39 Å². The minimum absolute atomic E-state index is 0.0959. The summed E-state index contributed by atoms with van der Waals surface area (Å²) in [4.78, 5) is 22.1. The van der Waals surface area contributed by atoms with Gasteiger partial charge in [-0.1, -0.05) is 6.08 Å². The molecule has 15 heavy (non-hydrogen) atoms. The number of ketones is 2. The van der Waals surface area contributed by atoms with Gasteiger partial charge >= 0.3 is 0 Å². The monoisotopic (exact) mass is 212 g/mol. The molecule has 0 aromatic heterocycles. The van der Waals surface area contributed by atoms with Gasteiger partial charge in [-0.15, -0.1) is 0 Å². The molecule has 0 saturated heterocycles. The van der Waals surface area contributed by atoms with Crippen LogP contribution < -0.4 is 0 Å². The van der Waals surface area contributed by atoms with Gasteiger partial charge in [0, 0.05) is 0 Å². The van der Waals surface area contributed by atoms with Gasteiger partial charge in [-0.2, -0.15) is 0 Å². The lowest BCUT2D eigenvalue weighted by molar-refractivity contribution is -0.119. The van der Waals surface area contributed by atoms with E-state index in [0.29, 0.717) is 5.57 Å².